The summed E-state index contributed by atoms with van der Waals surface area (Å²) in [6.45, 7) is 2.31. The molecule has 61 heavy (non-hydrogen) atoms. The van der Waals surface area contributed by atoms with E-state index in [-0.39, 0.29) is 5.41 Å². The number of aromatic nitrogens is 1. The lowest BCUT2D eigenvalue weighted by Gasteiger charge is -2.27. The molecule has 0 saturated heterocycles. The van der Waals surface area contributed by atoms with Crippen LogP contribution in [0, 0.1) is 0 Å². The van der Waals surface area contributed by atoms with Crippen LogP contribution in [-0.2, 0) is 5.41 Å². The Labute approximate surface area is 355 Å². The van der Waals surface area contributed by atoms with Gasteiger partial charge in [0.1, 0.15) is 0 Å². The quantitative estimate of drug-likeness (QED) is 0.125. The fourth-order valence-electron chi connectivity index (χ4n) is 9.98. The zero-order chi connectivity index (χ0) is 40.5. The van der Waals surface area contributed by atoms with E-state index in [2.05, 4.69) is 225 Å². The normalized spacial score (nSPS) is 15.2. The zero-order valence-electron chi connectivity index (χ0n) is 33.9. The average molecular weight is 776 g/mol. The van der Waals surface area contributed by atoms with E-state index >= 15 is 0 Å². The highest BCUT2D eigenvalue weighted by Crippen LogP contribution is 2.46. The van der Waals surface area contributed by atoms with Crippen molar-refractivity contribution in [2.75, 3.05) is 0 Å². The standard InChI is InChI=1S/C60H41N/c1-60(32-11-2-12-33-60)56-38-53(59-49-21-8-7-16-41(49)29-31-55(59)61-56)46-20-13-19-44(34-46)45-28-30-52-54(37-45)58(48-27-25-40-15-4-6-18-43(40)36-48)51-23-10-9-22-50(51)57(52)47-26-24-39-14-3-5-17-42(39)35-47/h2-32,34-38H,33H2,1H3. The van der Waals surface area contributed by atoms with E-state index in [4.69, 9.17) is 4.98 Å². The summed E-state index contributed by atoms with van der Waals surface area (Å²) in [6, 6.07) is 72.0. The second-order valence-electron chi connectivity index (χ2n) is 16.9. The molecular formula is C60H41N. The fourth-order valence-corrected chi connectivity index (χ4v) is 9.98. The Bertz CT molecular complexity index is 3640. The lowest BCUT2D eigenvalue weighted by atomic mass is 9.79. The molecular weight excluding hydrogens is 735 g/mol. The first-order valence-corrected chi connectivity index (χ1v) is 21.3. The van der Waals surface area contributed by atoms with Crippen molar-refractivity contribution in [1.29, 1.82) is 0 Å². The van der Waals surface area contributed by atoms with Crippen molar-refractivity contribution >= 4 is 64.8 Å². The van der Waals surface area contributed by atoms with Gasteiger partial charge in [0.05, 0.1) is 11.2 Å². The first kappa shape index (κ1) is 35.3. The van der Waals surface area contributed by atoms with Gasteiger partial charge in [-0.1, -0.05) is 189 Å². The molecule has 1 unspecified atom stereocenters. The van der Waals surface area contributed by atoms with Gasteiger partial charge in [-0.15, -0.1) is 0 Å². The van der Waals surface area contributed by atoms with E-state index in [9.17, 15) is 0 Å². The van der Waals surface area contributed by atoms with Gasteiger partial charge >= 0.3 is 0 Å². The number of nitrogens with zero attached hydrogens (tertiary/aromatic N) is 1. The first-order chi connectivity index (χ1) is 30.1. The molecule has 286 valence electrons. The number of hydrogen-bond donors (Lipinski definition) is 0. The highest BCUT2D eigenvalue weighted by Gasteiger charge is 2.27. The van der Waals surface area contributed by atoms with Crippen LogP contribution in [0.4, 0.5) is 0 Å². The van der Waals surface area contributed by atoms with Crippen LogP contribution in [0.5, 0.6) is 0 Å². The summed E-state index contributed by atoms with van der Waals surface area (Å²) in [7, 11) is 0. The van der Waals surface area contributed by atoms with Crippen LogP contribution < -0.4 is 0 Å². The van der Waals surface area contributed by atoms with Gasteiger partial charge in [0, 0.05) is 10.8 Å². The molecule has 0 fully saturated rings. The summed E-state index contributed by atoms with van der Waals surface area (Å²) in [5, 5.41) is 13.6. The summed E-state index contributed by atoms with van der Waals surface area (Å²) in [4.78, 5) is 5.37. The maximum absolute atomic E-state index is 5.37. The zero-order valence-corrected chi connectivity index (χ0v) is 33.9. The minimum atomic E-state index is -0.190. The van der Waals surface area contributed by atoms with Crippen LogP contribution in [0.15, 0.2) is 218 Å². The topological polar surface area (TPSA) is 12.9 Å². The van der Waals surface area contributed by atoms with Crippen molar-refractivity contribution in [3.63, 3.8) is 0 Å². The summed E-state index contributed by atoms with van der Waals surface area (Å²) < 4.78 is 0. The second kappa shape index (κ2) is 14.0. The summed E-state index contributed by atoms with van der Waals surface area (Å²) in [5.74, 6) is 0. The van der Waals surface area contributed by atoms with E-state index in [1.165, 1.54) is 104 Å². The predicted octanol–water partition coefficient (Wildman–Crippen LogP) is 16.4. The van der Waals surface area contributed by atoms with Crippen molar-refractivity contribution in [3.05, 3.63) is 224 Å². The van der Waals surface area contributed by atoms with Gasteiger partial charge in [-0.05, 0) is 141 Å². The smallest absolute Gasteiger partial charge is 0.0718 e. The number of fused-ring (bicyclic) bond motifs is 7. The van der Waals surface area contributed by atoms with E-state index in [1.807, 2.05) is 0 Å². The van der Waals surface area contributed by atoms with Gasteiger partial charge in [0.15, 0.2) is 0 Å². The maximum Gasteiger partial charge on any atom is 0.0718 e. The molecule has 1 heterocycles. The molecule has 12 rings (SSSR count). The number of allylic oxidation sites excluding steroid dienone is 4. The molecule has 1 nitrogen and oxygen atoms in total. The molecule has 0 bridgehead atoms. The number of pyridine rings is 1. The Morgan fingerprint density at radius 2 is 0.951 bits per heavy atom. The summed E-state index contributed by atoms with van der Waals surface area (Å²) in [5.41, 5.74) is 11.7. The van der Waals surface area contributed by atoms with Gasteiger partial charge in [0.2, 0.25) is 0 Å². The number of hydrogen-bond acceptors (Lipinski definition) is 1. The highest BCUT2D eigenvalue weighted by molar-refractivity contribution is 6.23. The van der Waals surface area contributed by atoms with Crippen LogP contribution in [0.25, 0.3) is 109 Å². The minimum Gasteiger partial charge on any atom is -0.252 e. The Morgan fingerprint density at radius 1 is 0.393 bits per heavy atom. The molecule has 11 aromatic rings. The Kier molecular flexibility index (Phi) is 8.12. The lowest BCUT2D eigenvalue weighted by molar-refractivity contribution is 0.582. The van der Waals surface area contributed by atoms with Crippen molar-refractivity contribution in [2.24, 2.45) is 0 Å². The van der Waals surface area contributed by atoms with Crippen LogP contribution in [0.2, 0.25) is 0 Å². The van der Waals surface area contributed by atoms with Gasteiger partial charge < -0.3 is 0 Å². The monoisotopic (exact) mass is 775 g/mol. The third kappa shape index (κ3) is 5.88. The van der Waals surface area contributed by atoms with Crippen LogP contribution in [0.3, 0.4) is 0 Å². The molecule has 0 N–H and O–H groups in total. The molecule has 0 spiro atoms. The molecule has 0 amide bonds. The lowest BCUT2D eigenvalue weighted by Crippen LogP contribution is -2.21. The molecule has 0 radical (unpaired) electrons. The largest absolute Gasteiger partial charge is 0.252 e. The summed E-state index contributed by atoms with van der Waals surface area (Å²) >= 11 is 0. The first-order valence-electron chi connectivity index (χ1n) is 21.3. The Morgan fingerprint density at radius 3 is 1.64 bits per heavy atom. The van der Waals surface area contributed by atoms with Crippen LogP contribution in [0.1, 0.15) is 19.0 Å². The highest BCUT2D eigenvalue weighted by atomic mass is 14.7. The summed E-state index contributed by atoms with van der Waals surface area (Å²) in [6.07, 6.45) is 9.79. The van der Waals surface area contributed by atoms with Crippen molar-refractivity contribution in [2.45, 2.75) is 18.8 Å². The predicted molar refractivity (Wildman–Crippen MR) is 261 cm³/mol. The van der Waals surface area contributed by atoms with Crippen LogP contribution >= 0.6 is 0 Å². The Hall–Kier alpha value is -7.61. The Balaban J connectivity index is 1.11. The molecule has 1 aliphatic rings. The molecule has 1 aromatic heterocycles. The molecule has 0 aliphatic heterocycles. The number of rotatable bonds is 5. The van der Waals surface area contributed by atoms with Gasteiger partial charge in [-0.25, -0.2) is 0 Å². The molecule has 10 aromatic carbocycles. The minimum absolute atomic E-state index is 0.190. The second-order valence-corrected chi connectivity index (χ2v) is 16.9. The average Bonchev–Trinajstić information content (AvgIpc) is 3.32. The van der Waals surface area contributed by atoms with Gasteiger partial charge in [-0.2, -0.15) is 0 Å². The van der Waals surface area contributed by atoms with Crippen molar-refractivity contribution in [3.8, 4) is 44.5 Å². The molecule has 1 aliphatic carbocycles. The van der Waals surface area contributed by atoms with E-state index in [0.717, 1.165) is 17.6 Å². The maximum atomic E-state index is 5.37. The van der Waals surface area contributed by atoms with Gasteiger partial charge in [0.25, 0.3) is 0 Å². The molecule has 1 atom stereocenters. The SMILES string of the molecule is CC1(c2cc(-c3cccc(-c4ccc5c(-c6ccc7ccccc7c6)c6ccccc6c(-c6ccc7ccccc7c6)c5c4)c3)c3c(ccc4ccccc43)n2)C=CC=CC1. The van der Waals surface area contributed by atoms with E-state index in [1.54, 1.807) is 0 Å². The number of benzene rings is 10. The van der Waals surface area contributed by atoms with Crippen molar-refractivity contribution < 1.29 is 0 Å². The third-order valence-electron chi connectivity index (χ3n) is 13.1. The fraction of sp³-hybridized carbons (Fsp3) is 0.0500. The van der Waals surface area contributed by atoms with Crippen molar-refractivity contribution in [1.82, 2.24) is 4.98 Å². The molecule has 1 heteroatoms. The van der Waals surface area contributed by atoms with E-state index in [0.29, 0.717) is 0 Å². The third-order valence-corrected chi connectivity index (χ3v) is 13.1. The van der Waals surface area contributed by atoms with Crippen LogP contribution in [-0.4, -0.2) is 4.98 Å². The van der Waals surface area contributed by atoms with E-state index < -0.39 is 0 Å². The van der Waals surface area contributed by atoms with Gasteiger partial charge in [-0.3, -0.25) is 4.98 Å². The molecule has 0 saturated carbocycles.